The smallest absolute Gasteiger partial charge is 0.333 e. The number of carbonyl (C=O) groups excluding carboxylic acids is 1. The van der Waals surface area contributed by atoms with E-state index >= 15 is 0 Å². The van der Waals surface area contributed by atoms with Gasteiger partial charge in [0.05, 0.1) is 12.2 Å². The molecule has 1 spiro atoms. The van der Waals surface area contributed by atoms with Crippen LogP contribution in [0.3, 0.4) is 0 Å². The number of aliphatic hydroxyl groups is 2. The average molecular weight is 362 g/mol. The van der Waals surface area contributed by atoms with Crippen molar-refractivity contribution < 1.29 is 24.5 Å². The van der Waals surface area contributed by atoms with E-state index in [0.717, 1.165) is 50.5 Å². The Balaban J connectivity index is 1.54. The minimum Gasteiger partial charge on any atom is -0.426 e. The van der Waals surface area contributed by atoms with Crippen molar-refractivity contribution in [2.24, 2.45) is 28.6 Å². The Morgan fingerprint density at radius 3 is 2.81 bits per heavy atom. The van der Waals surface area contributed by atoms with Crippen LogP contribution in [0.15, 0.2) is 11.6 Å². The van der Waals surface area contributed by atoms with Crippen LogP contribution in [-0.2, 0) is 14.3 Å². The highest BCUT2D eigenvalue weighted by Crippen LogP contribution is 2.72. The maximum atomic E-state index is 12.0. The number of aliphatic hydroxyl groups excluding tert-OH is 1. The second-order valence-electron chi connectivity index (χ2n) is 9.91. The van der Waals surface area contributed by atoms with E-state index < -0.39 is 11.4 Å². The molecule has 5 aliphatic rings. The minimum absolute atomic E-state index is 0.103. The standard InChI is InChI=1S/C21H30O5/c1-18-7-8-21(25-2)15(9-17(23)26-21)14(18)5-6-19-10-13(3-4-16(18)19)20(24,11-19)12-22/h9,13-14,16,22,24H,3-8,10-12H2,1-2H3/t13-,14-,16+,18-,19+,20+,21-/m1/s1. The molecule has 5 nitrogen and oxygen atoms in total. The van der Waals surface area contributed by atoms with Gasteiger partial charge in [-0.25, -0.2) is 4.79 Å². The van der Waals surface area contributed by atoms with Crippen LogP contribution in [0.2, 0.25) is 0 Å². The maximum absolute atomic E-state index is 12.0. The number of rotatable bonds is 2. The summed E-state index contributed by atoms with van der Waals surface area (Å²) in [6.07, 6.45) is 9.33. The van der Waals surface area contributed by atoms with Gasteiger partial charge in [0, 0.05) is 25.2 Å². The lowest BCUT2D eigenvalue weighted by molar-refractivity contribution is -0.220. The van der Waals surface area contributed by atoms with Gasteiger partial charge in [-0.1, -0.05) is 6.92 Å². The maximum Gasteiger partial charge on any atom is 0.333 e. The predicted octanol–water partition coefficient (Wildman–Crippen LogP) is 2.55. The van der Waals surface area contributed by atoms with Gasteiger partial charge in [-0.2, -0.15) is 0 Å². The topological polar surface area (TPSA) is 76.0 Å². The molecule has 26 heavy (non-hydrogen) atoms. The molecule has 2 N–H and O–H groups in total. The molecule has 0 aromatic heterocycles. The summed E-state index contributed by atoms with van der Waals surface area (Å²) in [6, 6.07) is 0. The molecule has 0 radical (unpaired) electrons. The van der Waals surface area contributed by atoms with E-state index in [1.54, 1.807) is 13.2 Å². The minimum atomic E-state index is -0.894. The zero-order valence-corrected chi connectivity index (χ0v) is 15.8. The summed E-state index contributed by atoms with van der Waals surface area (Å²) in [5.74, 6) is -0.0498. The SMILES string of the molecule is CO[C@@]12CC[C@]3(C)[C@H](CC[C@@]45C[C@@H](CC[C@H]43)[C@@](O)(CO)C5)C1=CC(=O)O2. The monoisotopic (exact) mass is 362 g/mol. The van der Waals surface area contributed by atoms with Crippen molar-refractivity contribution in [2.45, 2.75) is 69.7 Å². The average Bonchev–Trinajstić information content (AvgIpc) is 3.07. The number of esters is 1. The van der Waals surface area contributed by atoms with Gasteiger partial charge in [0.1, 0.15) is 0 Å². The molecule has 0 aromatic carbocycles. The van der Waals surface area contributed by atoms with Gasteiger partial charge in [-0.3, -0.25) is 0 Å². The third-order valence-electron chi connectivity index (χ3n) is 9.09. The van der Waals surface area contributed by atoms with Crippen molar-refractivity contribution in [3.8, 4) is 0 Å². The Morgan fingerprint density at radius 2 is 2.08 bits per heavy atom. The number of hydrogen-bond acceptors (Lipinski definition) is 5. The van der Waals surface area contributed by atoms with Crippen LogP contribution in [0, 0.1) is 28.6 Å². The summed E-state index contributed by atoms with van der Waals surface area (Å²) < 4.78 is 11.3. The molecule has 0 unspecified atom stereocenters. The molecule has 0 saturated heterocycles. The fourth-order valence-electron chi connectivity index (χ4n) is 8.00. The summed E-state index contributed by atoms with van der Waals surface area (Å²) in [4.78, 5) is 12.0. The van der Waals surface area contributed by atoms with Gasteiger partial charge in [0.2, 0.25) is 5.79 Å². The molecule has 5 heteroatoms. The first kappa shape index (κ1) is 17.2. The van der Waals surface area contributed by atoms with Gasteiger partial charge >= 0.3 is 5.97 Å². The van der Waals surface area contributed by atoms with E-state index in [2.05, 4.69) is 6.92 Å². The van der Waals surface area contributed by atoms with Crippen molar-refractivity contribution >= 4 is 5.97 Å². The van der Waals surface area contributed by atoms with E-state index in [-0.39, 0.29) is 29.3 Å². The molecule has 4 fully saturated rings. The molecule has 0 amide bonds. The number of ether oxygens (including phenoxy) is 2. The lowest BCUT2D eigenvalue weighted by Gasteiger charge is -2.61. The Labute approximate surface area is 154 Å². The van der Waals surface area contributed by atoms with Crippen molar-refractivity contribution in [3.63, 3.8) is 0 Å². The van der Waals surface area contributed by atoms with Crippen molar-refractivity contribution in [1.82, 2.24) is 0 Å². The highest BCUT2D eigenvalue weighted by atomic mass is 16.7. The van der Waals surface area contributed by atoms with Crippen LogP contribution < -0.4 is 0 Å². The van der Waals surface area contributed by atoms with Gasteiger partial charge < -0.3 is 19.7 Å². The first-order valence-electron chi connectivity index (χ1n) is 10.1. The fourth-order valence-corrected chi connectivity index (χ4v) is 8.00. The number of hydrogen-bond donors (Lipinski definition) is 2. The highest BCUT2D eigenvalue weighted by molar-refractivity contribution is 5.86. The summed E-state index contributed by atoms with van der Waals surface area (Å²) in [5, 5.41) is 20.8. The second kappa shape index (κ2) is 5.12. The van der Waals surface area contributed by atoms with Crippen LogP contribution in [0.1, 0.15) is 58.3 Å². The van der Waals surface area contributed by atoms with Crippen LogP contribution >= 0.6 is 0 Å². The summed E-state index contributed by atoms with van der Waals surface area (Å²) in [5.41, 5.74) is 0.398. The molecule has 1 aliphatic heterocycles. The molecule has 1 heterocycles. The quantitative estimate of drug-likeness (QED) is 0.739. The zero-order valence-electron chi connectivity index (χ0n) is 15.8. The molecule has 2 bridgehead atoms. The first-order valence-corrected chi connectivity index (χ1v) is 10.1. The van der Waals surface area contributed by atoms with E-state index in [1.807, 2.05) is 0 Å². The van der Waals surface area contributed by atoms with Gasteiger partial charge in [-0.05, 0) is 73.5 Å². The highest BCUT2D eigenvalue weighted by Gasteiger charge is 2.68. The Morgan fingerprint density at radius 1 is 1.27 bits per heavy atom. The van der Waals surface area contributed by atoms with Crippen LogP contribution in [0.4, 0.5) is 0 Å². The Hall–Kier alpha value is -0.910. The fraction of sp³-hybridized carbons (Fsp3) is 0.857. The summed E-state index contributed by atoms with van der Waals surface area (Å²) in [6.45, 7) is 2.27. The number of fused-ring (bicyclic) bond motifs is 5. The van der Waals surface area contributed by atoms with E-state index in [1.165, 1.54) is 0 Å². The predicted molar refractivity (Wildman–Crippen MR) is 93.9 cm³/mol. The Kier molecular flexibility index (Phi) is 3.39. The molecular weight excluding hydrogens is 332 g/mol. The van der Waals surface area contributed by atoms with Crippen molar-refractivity contribution in [1.29, 1.82) is 0 Å². The van der Waals surface area contributed by atoms with Crippen molar-refractivity contribution in [2.75, 3.05) is 13.7 Å². The van der Waals surface area contributed by atoms with Crippen LogP contribution in [0.5, 0.6) is 0 Å². The molecule has 0 aromatic rings. The summed E-state index contributed by atoms with van der Waals surface area (Å²) in [7, 11) is 1.64. The molecule has 4 aliphatic carbocycles. The van der Waals surface area contributed by atoms with Gasteiger partial charge in [0.25, 0.3) is 0 Å². The molecule has 7 atom stereocenters. The Bertz CT molecular complexity index is 688. The third-order valence-corrected chi connectivity index (χ3v) is 9.09. The first-order chi connectivity index (χ1) is 12.3. The van der Waals surface area contributed by atoms with Crippen LogP contribution in [0.25, 0.3) is 0 Å². The van der Waals surface area contributed by atoms with Crippen molar-refractivity contribution in [3.05, 3.63) is 11.6 Å². The lowest BCUT2D eigenvalue weighted by atomic mass is 9.44. The molecule has 4 saturated carbocycles. The van der Waals surface area contributed by atoms with Crippen LogP contribution in [-0.4, -0.2) is 41.3 Å². The van der Waals surface area contributed by atoms with E-state index in [9.17, 15) is 15.0 Å². The number of methoxy groups -OCH3 is 1. The van der Waals surface area contributed by atoms with E-state index in [4.69, 9.17) is 9.47 Å². The molecular formula is C21H30O5. The second-order valence-corrected chi connectivity index (χ2v) is 9.91. The van der Waals surface area contributed by atoms with Gasteiger partial charge in [0.15, 0.2) is 0 Å². The normalized spacial score (nSPS) is 54.8. The third kappa shape index (κ3) is 1.90. The largest absolute Gasteiger partial charge is 0.426 e. The van der Waals surface area contributed by atoms with Gasteiger partial charge in [-0.15, -0.1) is 0 Å². The lowest BCUT2D eigenvalue weighted by Crippen LogP contribution is -2.56. The number of carbonyl (C=O) groups is 1. The van der Waals surface area contributed by atoms with E-state index in [0.29, 0.717) is 18.3 Å². The summed E-state index contributed by atoms with van der Waals surface area (Å²) >= 11 is 0. The molecule has 144 valence electrons. The molecule has 5 rings (SSSR count). The zero-order chi connectivity index (χ0) is 18.4.